The molecule has 0 unspecified atom stereocenters. The summed E-state index contributed by atoms with van der Waals surface area (Å²) in [6.07, 6.45) is 8.82. The number of rotatable bonds is 4. The van der Waals surface area contributed by atoms with Gasteiger partial charge in [0.2, 0.25) is 5.88 Å². The second kappa shape index (κ2) is 7.95. The van der Waals surface area contributed by atoms with Crippen LogP contribution in [-0.2, 0) is 0 Å². The van der Waals surface area contributed by atoms with Crippen molar-refractivity contribution in [3.05, 3.63) is 65.6 Å². The van der Waals surface area contributed by atoms with E-state index in [4.69, 9.17) is 9.72 Å². The quantitative estimate of drug-likeness (QED) is 0.679. The van der Waals surface area contributed by atoms with Crippen LogP contribution in [0.25, 0.3) is 11.1 Å². The minimum atomic E-state index is -0.103. The Labute approximate surface area is 169 Å². The maximum absolute atomic E-state index is 13.2. The molecule has 1 amide bonds. The predicted octanol–water partition coefficient (Wildman–Crippen LogP) is 3.54. The Bertz CT molecular complexity index is 1040. The summed E-state index contributed by atoms with van der Waals surface area (Å²) in [6.45, 7) is 4.58. The maximum Gasteiger partial charge on any atom is 0.255 e. The Kier molecular flexibility index (Phi) is 5.20. The van der Waals surface area contributed by atoms with E-state index in [1.807, 2.05) is 37.2 Å². The third-order valence-corrected chi connectivity index (χ3v) is 5.27. The number of nitrogens with zero attached hydrogens (tertiary/aromatic N) is 5. The van der Waals surface area contributed by atoms with Gasteiger partial charge in [-0.3, -0.25) is 9.78 Å². The van der Waals surface area contributed by atoms with Gasteiger partial charge in [0.1, 0.15) is 5.82 Å². The highest BCUT2D eigenvalue weighted by atomic mass is 16.5. The van der Waals surface area contributed by atoms with Crippen LogP contribution in [0, 0.1) is 13.8 Å². The first kappa shape index (κ1) is 19.0. The molecular weight excluding hydrogens is 366 g/mol. The van der Waals surface area contributed by atoms with Gasteiger partial charge in [-0.1, -0.05) is 0 Å². The van der Waals surface area contributed by atoms with Gasteiger partial charge in [-0.15, -0.1) is 0 Å². The van der Waals surface area contributed by atoms with Gasteiger partial charge >= 0.3 is 0 Å². The van der Waals surface area contributed by atoms with E-state index in [2.05, 4.69) is 15.0 Å². The number of methoxy groups -OCH3 is 1. The summed E-state index contributed by atoms with van der Waals surface area (Å²) in [5.74, 6) is 1.14. The van der Waals surface area contributed by atoms with E-state index in [1.54, 1.807) is 31.6 Å². The third-order valence-electron chi connectivity index (χ3n) is 5.27. The Morgan fingerprint density at radius 3 is 2.69 bits per heavy atom. The largest absolute Gasteiger partial charge is 0.481 e. The Balaban J connectivity index is 1.73. The molecule has 0 N–H and O–H groups in total. The van der Waals surface area contributed by atoms with Gasteiger partial charge in [0.15, 0.2) is 0 Å². The van der Waals surface area contributed by atoms with E-state index in [-0.39, 0.29) is 11.9 Å². The van der Waals surface area contributed by atoms with Crippen molar-refractivity contribution in [2.45, 2.75) is 32.7 Å². The minimum Gasteiger partial charge on any atom is -0.481 e. The summed E-state index contributed by atoms with van der Waals surface area (Å²) >= 11 is 0. The molecule has 0 spiro atoms. The molecule has 7 nitrogen and oxygen atoms in total. The monoisotopic (exact) mass is 389 g/mol. The molecule has 0 aliphatic carbocycles. The van der Waals surface area contributed by atoms with Gasteiger partial charge in [-0.25, -0.2) is 15.0 Å². The van der Waals surface area contributed by atoms with E-state index < -0.39 is 0 Å². The molecule has 0 radical (unpaired) electrons. The summed E-state index contributed by atoms with van der Waals surface area (Å²) in [4.78, 5) is 32.7. The Morgan fingerprint density at radius 1 is 1.10 bits per heavy atom. The van der Waals surface area contributed by atoms with E-state index in [9.17, 15) is 4.79 Å². The average Bonchev–Trinajstić information content (AvgIpc) is 3.23. The summed E-state index contributed by atoms with van der Waals surface area (Å²) < 4.78 is 5.10. The average molecular weight is 389 g/mol. The molecule has 1 atom stereocenters. The number of pyridine rings is 2. The molecule has 1 fully saturated rings. The van der Waals surface area contributed by atoms with E-state index in [0.29, 0.717) is 23.8 Å². The molecule has 1 saturated heterocycles. The number of carbonyl (C=O) groups is 1. The molecule has 0 aromatic carbocycles. The second-order valence-electron chi connectivity index (χ2n) is 7.15. The van der Waals surface area contributed by atoms with Crippen molar-refractivity contribution in [3.63, 3.8) is 0 Å². The van der Waals surface area contributed by atoms with E-state index in [0.717, 1.165) is 35.2 Å². The molecule has 29 heavy (non-hydrogen) atoms. The number of aryl methyl sites for hydroxylation is 2. The number of amides is 1. The van der Waals surface area contributed by atoms with Crippen LogP contribution >= 0.6 is 0 Å². The van der Waals surface area contributed by atoms with Crippen LogP contribution < -0.4 is 4.74 Å². The topological polar surface area (TPSA) is 81.1 Å². The maximum atomic E-state index is 13.2. The highest BCUT2D eigenvalue weighted by Crippen LogP contribution is 2.37. The Hall–Kier alpha value is -3.35. The van der Waals surface area contributed by atoms with Crippen molar-refractivity contribution in [3.8, 4) is 17.0 Å². The van der Waals surface area contributed by atoms with E-state index >= 15 is 0 Å². The second-order valence-corrected chi connectivity index (χ2v) is 7.15. The SMILES string of the molecule is COc1ccc(C(=O)N2CCC[C@H]2c2nc(C)ncc2-c2ccncc2C)cn1. The standard InChI is InChI=1S/C22H23N5O2/c1-14-11-23-9-8-17(14)18-13-24-15(2)26-21(18)19-5-4-10-27(19)22(28)16-6-7-20(29-3)25-12-16/h6-9,11-13,19H,4-5,10H2,1-3H3/t19-/m0/s1. The number of likely N-dealkylation sites (tertiary alicyclic amines) is 1. The summed E-state index contributed by atoms with van der Waals surface area (Å²) in [7, 11) is 1.56. The minimum absolute atomic E-state index is 0.0451. The molecular formula is C22H23N5O2. The first-order valence-corrected chi connectivity index (χ1v) is 9.64. The summed E-state index contributed by atoms with van der Waals surface area (Å²) in [6, 6.07) is 5.33. The number of aromatic nitrogens is 4. The van der Waals surface area contributed by atoms with Gasteiger partial charge in [0.25, 0.3) is 5.91 Å². The van der Waals surface area contributed by atoms with Crippen LogP contribution in [-0.4, -0.2) is 44.4 Å². The fourth-order valence-electron chi connectivity index (χ4n) is 3.81. The zero-order chi connectivity index (χ0) is 20.4. The molecule has 4 heterocycles. The molecule has 1 aliphatic rings. The van der Waals surface area contributed by atoms with Gasteiger partial charge in [-0.2, -0.15) is 0 Å². The van der Waals surface area contributed by atoms with Crippen LogP contribution in [0.5, 0.6) is 5.88 Å². The lowest BCUT2D eigenvalue weighted by atomic mass is 9.97. The van der Waals surface area contributed by atoms with Gasteiger partial charge < -0.3 is 9.64 Å². The normalized spacial score (nSPS) is 16.1. The van der Waals surface area contributed by atoms with E-state index in [1.165, 1.54) is 0 Å². The zero-order valence-corrected chi connectivity index (χ0v) is 16.8. The predicted molar refractivity (Wildman–Crippen MR) is 109 cm³/mol. The Morgan fingerprint density at radius 2 is 1.97 bits per heavy atom. The van der Waals surface area contributed by atoms with Gasteiger partial charge in [-0.05, 0) is 49.9 Å². The first-order valence-electron chi connectivity index (χ1n) is 9.64. The van der Waals surface area contributed by atoms with Crippen molar-refractivity contribution in [2.24, 2.45) is 0 Å². The first-order chi connectivity index (χ1) is 14.1. The lowest BCUT2D eigenvalue weighted by Crippen LogP contribution is -2.31. The smallest absolute Gasteiger partial charge is 0.255 e. The molecule has 0 saturated carbocycles. The van der Waals surface area contributed by atoms with Crippen molar-refractivity contribution in [1.29, 1.82) is 0 Å². The fraction of sp³-hybridized carbons (Fsp3) is 0.318. The molecule has 1 aliphatic heterocycles. The van der Waals surface area contributed by atoms with Crippen LogP contribution in [0.2, 0.25) is 0 Å². The highest BCUT2D eigenvalue weighted by molar-refractivity contribution is 5.94. The van der Waals surface area contributed by atoms with Crippen molar-refractivity contribution in [2.75, 3.05) is 13.7 Å². The van der Waals surface area contributed by atoms with Gasteiger partial charge in [0.05, 0.1) is 24.4 Å². The zero-order valence-electron chi connectivity index (χ0n) is 16.8. The third kappa shape index (κ3) is 3.68. The fourth-order valence-corrected chi connectivity index (χ4v) is 3.81. The number of ether oxygens (including phenoxy) is 1. The highest BCUT2D eigenvalue weighted by Gasteiger charge is 2.34. The number of hydrogen-bond acceptors (Lipinski definition) is 6. The number of carbonyl (C=O) groups excluding carboxylic acids is 1. The van der Waals surface area contributed by atoms with Crippen LogP contribution in [0.1, 0.15) is 46.3 Å². The number of hydrogen-bond donors (Lipinski definition) is 0. The van der Waals surface area contributed by atoms with Gasteiger partial charge in [0, 0.05) is 43.0 Å². The molecule has 4 rings (SSSR count). The molecule has 0 bridgehead atoms. The van der Waals surface area contributed by atoms with Crippen molar-refractivity contribution in [1.82, 2.24) is 24.8 Å². The van der Waals surface area contributed by atoms with Crippen molar-refractivity contribution >= 4 is 5.91 Å². The van der Waals surface area contributed by atoms with Crippen LogP contribution in [0.15, 0.2) is 43.0 Å². The molecule has 3 aromatic rings. The molecule has 7 heteroatoms. The summed E-state index contributed by atoms with van der Waals surface area (Å²) in [5.41, 5.74) is 4.48. The van der Waals surface area contributed by atoms with Crippen LogP contribution in [0.4, 0.5) is 0 Å². The molecule has 148 valence electrons. The molecule has 3 aromatic heterocycles. The lowest BCUT2D eigenvalue weighted by molar-refractivity contribution is 0.0732. The van der Waals surface area contributed by atoms with Crippen molar-refractivity contribution < 1.29 is 9.53 Å². The van der Waals surface area contributed by atoms with Crippen LogP contribution in [0.3, 0.4) is 0 Å². The lowest BCUT2D eigenvalue weighted by Gasteiger charge is -2.26. The summed E-state index contributed by atoms with van der Waals surface area (Å²) in [5, 5.41) is 0.